The van der Waals surface area contributed by atoms with Crippen molar-refractivity contribution in [3.63, 3.8) is 0 Å². The third-order valence-electron chi connectivity index (χ3n) is 2.80. The average molecular weight is 299 g/mol. The second-order valence-corrected chi connectivity index (χ2v) is 4.23. The zero-order valence-corrected chi connectivity index (χ0v) is 11.6. The number of rotatable bonds is 7. The second-order valence-electron chi connectivity index (χ2n) is 4.23. The fourth-order valence-corrected chi connectivity index (χ4v) is 1.73. The Kier molecular flexibility index (Phi) is 6.19. The molecule has 0 amide bonds. The smallest absolute Gasteiger partial charge is 0.341 e. The summed E-state index contributed by atoms with van der Waals surface area (Å²) < 4.78 is 10.1. The summed E-state index contributed by atoms with van der Waals surface area (Å²) in [4.78, 5) is 14.2. The van der Waals surface area contributed by atoms with Crippen LogP contribution >= 0.6 is 0 Å². The van der Waals surface area contributed by atoms with E-state index in [1.54, 1.807) is 6.92 Å². The third-order valence-corrected chi connectivity index (χ3v) is 2.80. The molecule has 0 spiro atoms. The number of carbonyl (C=O) groups is 1. The van der Waals surface area contributed by atoms with Crippen LogP contribution in [0.5, 0.6) is 0 Å². The van der Waals surface area contributed by atoms with Crippen LogP contribution in [0.3, 0.4) is 0 Å². The molecular weight excluding hydrogens is 282 g/mol. The van der Waals surface area contributed by atoms with Gasteiger partial charge in [-0.3, -0.25) is 0 Å². The van der Waals surface area contributed by atoms with Crippen molar-refractivity contribution in [1.29, 1.82) is 0 Å². The van der Waals surface area contributed by atoms with Crippen LogP contribution in [0.4, 0.5) is 0 Å². The van der Waals surface area contributed by atoms with Crippen molar-refractivity contribution in [1.82, 2.24) is 0 Å². The number of azide groups is 1. The van der Waals surface area contributed by atoms with E-state index in [1.165, 1.54) is 13.0 Å². The zero-order chi connectivity index (χ0) is 16.0. The maximum Gasteiger partial charge on any atom is 0.341 e. The minimum absolute atomic E-state index is 0.00615. The standard InChI is InChI=1S/C12H17N3O6/c1-3-20-12(19)7-4-9(21-6(7)2)10(14-15-13)11(18)8(17)5-16/h4,8,10-11,16-18H,3,5H2,1-2H3/t8-,10+,11-/m1/s1. The molecule has 0 saturated carbocycles. The summed E-state index contributed by atoms with van der Waals surface area (Å²) in [7, 11) is 0. The lowest BCUT2D eigenvalue weighted by molar-refractivity contribution is -0.0292. The van der Waals surface area contributed by atoms with E-state index in [0.717, 1.165) is 0 Å². The van der Waals surface area contributed by atoms with E-state index in [-0.39, 0.29) is 23.7 Å². The molecule has 0 aromatic carbocycles. The number of hydrogen-bond donors (Lipinski definition) is 3. The van der Waals surface area contributed by atoms with Gasteiger partial charge in [-0.1, -0.05) is 5.11 Å². The highest BCUT2D eigenvalue weighted by molar-refractivity contribution is 5.90. The van der Waals surface area contributed by atoms with Gasteiger partial charge in [0.15, 0.2) is 0 Å². The first-order chi connectivity index (χ1) is 9.96. The number of ether oxygens (including phenoxy) is 1. The first-order valence-electron chi connectivity index (χ1n) is 6.24. The Morgan fingerprint density at radius 2 is 2.24 bits per heavy atom. The van der Waals surface area contributed by atoms with E-state index in [0.29, 0.717) is 0 Å². The monoisotopic (exact) mass is 299 g/mol. The summed E-state index contributed by atoms with van der Waals surface area (Å²) in [5.41, 5.74) is 8.68. The number of hydrogen-bond acceptors (Lipinski definition) is 7. The normalized spacial score (nSPS) is 14.9. The Morgan fingerprint density at radius 1 is 1.57 bits per heavy atom. The van der Waals surface area contributed by atoms with E-state index in [1.807, 2.05) is 0 Å². The van der Waals surface area contributed by atoms with Crippen LogP contribution in [0.2, 0.25) is 0 Å². The van der Waals surface area contributed by atoms with E-state index < -0.39 is 30.8 Å². The van der Waals surface area contributed by atoms with Gasteiger partial charge in [0.05, 0.1) is 19.3 Å². The van der Waals surface area contributed by atoms with E-state index in [4.69, 9.17) is 19.8 Å². The molecule has 0 unspecified atom stereocenters. The van der Waals surface area contributed by atoms with E-state index in [2.05, 4.69) is 10.0 Å². The lowest BCUT2D eigenvalue weighted by Crippen LogP contribution is -2.33. The predicted molar refractivity (Wildman–Crippen MR) is 70.4 cm³/mol. The maximum absolute atomic E-state index is 11.7. The minimum atomic E-state index is -1.58. The topological polar surface area (TPSA) is 149 Å². The molecule has 3 N–H and O–H groups in total. The first-order valence-corrected chi connectivity index (χ1v) is 6.24. The van der Waals surface area contributed by atoms with Crippen LogP contribution in [-0.2, 0) is 4.74 Å². The van der Waals surface area contributed by atoms with Gasteiger partial charge < -0.3 is 24.5 Å². The molecule has 0 aliphatic heterocycles. The van der Waals surface area contributed by atoms with Crippen LogP contribution in [-0.4, -0.2) is 46.7 Å². The highest BCUT2D eigenvalue weighted by Gasteiger charge is 2.30. The molecule has 0 saturated heterocycles. The van der Waals surface area contributed by atoms with Gasteiger partial charge in [0, 0.05) is 4.91 Å². The molecule has 0 fully saturated rings. The van der Waals surface area contributed by atoms with Gasteiger partial charge in [0.25, 0.3) is 0 Å². The van der Waals surface area contributed by atoms with Crippen molar-refractivity contribution in [3.8, 4) is 0 Å². The number of carbonyl (C=O) groups excluding carboxylic acids is 1. The van der Waals surface area contributed by atoms with Crippen molar-refractivity contribution in [2.45, 2.75) is 32.1 Å². The lowest BCUT2D eigenvalue weighted by atomic mass is 10.0. The highest BCUT2D eigenvalue weighted by Crippen LogP contribution is 2.28. The number of aliphatic hydroxyl groups is 3. The molecule has 0 radical (unpaired) electrons. The molecule has 9 heteroatoms. The van der Waals surface area contributed by atoms with Gasteiger partial charge in [0.2, 0.25) is 0 Å². The highest BCUT2D eigenvalue weighted by atomic mass is 16.5. The molecular formula is C12H17N3O6. The Hall–Kier alpha value is -2.06. The molecule has 9 nitrogen and oxygen atoms in total. The summed E-state index contributed by atoms with van der Waals surface area (Å²) in [5, 5.41) is 31.5. The van der Waals surface area contributed by atoms with Crippen molar-refractivity contribution < 1.29 is 29.3 Å². The third kappa shape index (κ3) is 3.96. The number of esters is 1. The zero-order valence-electron chi connectivity index (χ0n) is 11.6. The second kappa shape index (κ2) is 7.65. The molecule has 1 aromatic rings. The van der Waals surface area contributed by atoms with Crippen LogP contribution in [0.15, 0.2) is 15.6 Å². The fraction of sp³-hybridized carbons (Fsp3) is 0.583. The van der Waals surface area contributed by atoms with Crippen LogP contribution in [0.1, 0.15) is 34.8 Å². The van der Waals surface area contributed by atoms with Gasteiger partial charge >= 0.3 is 5.97 Å². The van der Waals surface area contributed by atoms with Crippen molar-refractivity contribution in [2.75, 3.05) is 13.2 Å². The summed E-state index contributed by atoms with van der Waals surface area (Å²) in [5.74, 6) is -0.387. The molecule has 116 valence electrons. The number of aryl methyl sites for hydroxylation is 1. The quantitative estimate of drug-likeness (QED) is 0.294. The Bertz CT molecular complexity index is 537. The van der Waals surface area contributed by atoms with Crippen LogP contribution in [0.25, 0.3) is 10.4 Å². The predicted octanol–water partition coefficient (Wildman–Crippen LogP) is 0.830. The van der Waals surface area contributed by atoms with Gasteiger partial charge in [-0.05, 0) is 25.4 Å². The minimum Gasteiger partial charge on any atom is -0.465 e. The van der Waals surface area contributed by atoms with E-state index in [9.17, 15) is 15.0 Å². The Balaban J connectivity index is 3.13. The molecule has 0 bridgehead atoms. The SMILES string of the molecule is CCOC(=O)c1cc([C@H](N=[N+]=[N-])[C@H](O)[C@H](O)CO)oc1C. The molecule has 21 heavy (non-hydrogen) atoms. The number of nitrogens with zero attached hydrogens (tertiary/aromatic N) is 3. The summed E-state index contributed by atoms with van der Waals surface area (Å²) in [6, 6.07) is -0.000914. The van der Waals surface area contributed by atoms with Gasteiger partial charge in [-0.2, -0.15) is 0 Å². The van der Waals surface area contributed by atoms with Crippen LogP contribution < -0.4 is 0 Å². The largest absolute Gasteiger partial charge is 0.465 e. The molecule has 0 aliphatic carbocycles. The van der Waals surface area contributed by atoms with Gasteiger partial charge in [-0.25, -0.2) is 4.79 Å². The summed E-state index contributed by atoms with van der Waals surface area (Å²) in [6.45, 7) is 2.63. The average Bonchev–Trinajstić information content (AvgIpc) is 2.85. The number of aliphatic hydroxyl groups excluding tert-OH is 3. The maximum atomic E-state index is 11.7. The Morgan fingerprint density at radius 3 is 2.76 bits per heavy atom. The molecule has 1 rings (SSSR count). The number of furan rings is 1. The van der Waals surface area contributed by atoms with Crippen molar-refractivity contribution >= 4 is 5.97 Å². The van der Waals surface area contributed by atoms with Gasteiger partial charge in [0.1, 0.15) is 29.2 Å². The fourth-order valence-electron chi connectivity index (χ4n) is 1.73. The summed E-state index contributed by atoms with van der Waals surface area (Å²) in [6.07, 6.45) is -3.09. The molecule has 1 heterocycles. The molecule has 3 atom stereocenters. The first kappa shape index (κ1) is 17.0. The molecule has 0 aliphatic rings. The van der Waals surface area contributed by atoms with Crippen molar-refractivity contribution in [3.05, 3.63) is 33.6 Å². The Labute approximate surface area is 120 Å². The van der Waals surface area contributed by atoms with Crippen molar-refractivity contribution in [2.24, 2.45) is 5.11 Å². The van der Waals surface area contributed by atoms with Gasteiger partial charge in [-0.15, -0.1) is 0 Å². The summed E-state index contributed by atoms with van der Waals surface area (Å²) >= 11 is 0. The molecule has 1 aromatic heterocycles. The lowest BCUT2D eigenvalue weighted by Gasteiger charge is -2.20. The van der Waals surface area contributed by atoms with Crippen LogP contribution in [0, 0.1) is 6.92 Å². The van der Waals surface area contributed by atoms with E-state index >= 15 is 0 Å².